The minimum Gasteiger partial charge on any atom is -0.314 e. The average molecular weight is 298 g/mol. The molecule has 2 aliphatic heterocycles. The van der Waals surface area contributed by atoms with Crippen molar-refractivity contribution in [1.29, 1.82) is 0 Å². The van der Waals surface area contributed by atoms with Crippen LogP contribution in [-0.2, 0) is 0 Å². The zero-order valence-electron chi connectivity index (χ0n) is 13.9. The lowest BCUT2D eigenvalue weighted by Crippen LogP contribution is -2.60. The van der Waals surface area contributed by atoms with E-state index in [1.165, 1.54) is 0 Å². The van der Waals surface area contributed by atoms with E-state index in [2.05, 4.69) is 44.9 Å². The highest BCUT2D eigenvalue weighted by Crippen LogP contribution is 2.19. The van der Waals surface area contributed by atoms with Crippen molar-refractivity contribution in [2.24, 2.45) is 0 Å². The minimum atomic E-state index is 0.0986. The van der Waals surface area contributed by atoms with Crippen LogP contribution in [-0.4, -0.2) is 94.0 Å². The van der Waals surface area contributed by atoms with Crippen molar-refractivity contribution < 1.29 is 0 Å². The van der Waals surface area contributed by atoms with Gasteiger partial charge in [0.05, 0.1) is 5.66 Å². The molecule has 0 aromatic heterocycles. The highest BCUT2D eigenvalue weighted by molar-refractivity contribution is 4.85. The lowest BCUT2D eigenvalue weighted by Gasteiger charge is -2.47. The molecule has 6 nitrogen and oxygen atoms in total. The van der Waals surface area contributed by atoms with Crippen LogP contribution in [0.15, 0.2) is 0 Å². The molecule has 0 aromatic rings. The molecule has 4 N–H and O–H groups in total. The van der Waals surface area contributed by atoms with Gasteiger partial charge in [0.25, 0.3) is 0 Å². The monoisotopic (exact) mass is 298 g/mol. The predicted octanol–water partition coefficient (Wildman–Crippen LogP) is -1.29. The van der Waals surface area contributed by atoms with E-state index in [1.807, 2.05) is 0 Å². The first-order chi connectivity index (χ1) is 10.2. The normalized spacial score (nSPS) is 26.0. The first-order valence-electron chi connectivity index (χ1n) is 8.54. The summed E-state index contributed by atoms with van der Waals surface area (Å²) in [6.07, 6.45) is 0. The third-order valence-electron chi connectivity index (χ3n) is 4.74. The van der Waals surface area contributed by atoms with E-state index in [4.69, 9.17) is 0 Å². The quantitative estimate of drug-likeness (QED) is 0.509. The van der Waals surface area contributed by atoms with Gasteiger partial charge in [-0.15, -0.1) is 0 Å². The van der Waals surface area contributed by atoms with Crippen molar-refractivity contribution in [3.63, 3.8) is 0 Å². The molecular weight excluding hydrogens is 264 g/mol. The fourth-order valence-corrected chi connectivity index (χ4v) is 3.23. The number of hydrogen-bond acceptors (Lipinski definition) is 6. The molecule has 0 unspecified atom stereocenters. The summed E-state index contributed by atoms with van der Waals surface area (Å²) in [7, 11) is 0. The summed E-state index contributed by atoms with van der Waals surface area (Å²) in [5.41, 5.74) is 0.0986. The lowest BCUT2D eigenvalue weighted by molar-refractivity contribution is -0.0284. The van der Waals surface area contributed by atoms with Crippen molar-refractivity contribution in [2.45, 2.75) is 19.5 Å². The van der Waals surface area contributed by atoms with Crippen LogP contribution in [0.5, 0.6) is 0 Å². The van der Waals surface area contributed by atoms with Gasteiger partial charge in [0.15, 0.2) is 0 Å². The van der Waals surface area contributed by atoms with Gasteiger partial charge in [-0.05, 0) is 13.8 Å². The molecule has 0 aromatic carbocycles. The molecule has 0 atom stereocenters. The molecule has 124 valence electrons. The molecule has 2 heterocycles. The van der Waals surface area contributed by atoms with Crippen LogP contribution in [0.1, 0.15) is 13.8 Å². The molecule has 2 fully saturated rings. The van der Waals surface area contributed by atoms with Gasteiger partial charge in [-0.1, -0.05) is 0 Å². The summed E-state index contributed by atoms with van der Waals surface area (Å²) in [5.74, 6) is 0. The van der Waals surface area contributed by atoms with Crippen molar-refractivity contribution in [1.82, 2.24) is 31.1 Å². The van der Waals surface area contributed by atoms with Gasteiger partial charge < -0.3 is 21.3 Å². The SMILES string of the molecule is CC(C)(N1CCNCCNCC1)N1CCNCCNCC1. The Morgan fingerprint density at radius 3 is 1.10 bits per heavy atom. The predicted molar refractivity (Wildman–Crippen MR) is 88.7 cm³/mol. The van der Waals surface area contributed by atoms with Crippen molar-refractivity contribution >= 4 is 0 Å². The second-order valence-electron chi connectivity index (χ2n) is 6.47. The summed E-state index contributed by atoms with van der Waals surface area (Å²) >= 11 is 0. The molecule has 0 saturated carbocycles. The Morgan fingerprint density at radius 1 is 0.524 bits per heavy atom. The zero-order chi connectivity index (χ0) is 15.0. The van der Waals surface area contributed by atoms with Crippen molar-refractivity contribution in [3.05, 3.63) is 0 Å². The van der Waals surface area contributed by atoms with E-state index in [1.54, 1.807) is 0 Å². The van der Waals surface area contributed by atoms with Crippen molar-refractivity contribution in [2.75, 3.05) is 78.5 Å². The molecule has 0 bridgehead atoms. The van der Waals surface area contributed by atoms with E-state index in [-0.39, 0.29) is 5.66 Å². The lowest BCUT2D eigenvalue weighted by atomic mass is 10.1. The van der Waals surface area contributed by atoms with Crippen molar-refractivity contribution in [3.8, 4) is 0 Å². The summed E-state index contributed by atoms with van der Waals surface area (Å²) in [6, 6.07) is 0. The molecule has 0 amide bonds. The molecular formula is C15H34N6. The standard InChI is InChI=1S/C15H34N6/c1-15(2,20-11-7-16-3-4-17-8-12-20)21-13-9-18-5-6-19-10-14-21/h16-19H,3-14H2,1-2H3. The van der Waals surface area contributed by atoms with E-state index in [9.17, 15) is 0 Å². The molecule has 0 aliphatic carbocycles. The Kier molecular flexibility index (Phi) is 7.36. The third kappa shape index (κ3) is 5.47. The van der Waals surface area contributed by atoms with Crippen LogP contribution < -0.4 is 21.3 Å². The Balaban J connectivity index is 1.97. The largest absolute Gasteiger partial charge is 0.314 e. The summed E-state index contributed by atoms with van der Waals surface area (Å²) in [5, 5.41) is 14.1. The smallest absolute Gasteiger partial charge is 0.0681 e. The molecule has 0 spiro atoms. The van der Waals surface area contributed by atoms with Crippen LogP contribution >= 0.6 is 0 Å². The Morgan fingerprint density at radius 2 is 0.810 bits per heavy atom. The fourth-order valence-electron chi connectivity index (χ4n) is 3.23. The van der Waals surface area contributed by atoms with Crippen LogP contribution in [0.4, 0.5) is 0 Å². The Bertz CT molecular complexity index is 237. The number of rotatable bonds is 2. The maximum absolute atomic E-state index is 3.52. The van der Waals surface area contributed by atoms with Crippen LogP contribution in [0.2, 0.25) is 0 Å². The van der Waals surface area contributed by atoms with Gasteiger partial charge >= 0.3 is 0 Å². The van der Waals surface area contributed by atoms with E-state index < -0.39 is 0 Å². The molecule has 21 heavy (non-hydrogen) atoms. The Labute approximate surface area is 130 Å². The number of nitrogens with one attached hydrogen (secondary N) is 4. The second kappa shape index (κ2) is 9.02. The van der Waals surface area contributed by atoms with Crippen LogP contribution in [0, 0.1) is 0 Å². The molecule has 0 radical (unpaired) electrons. The molecule has 6 heteroatoms. The van der Waals surface area contributed by atoms with E-state index in [0.29, 0.717) is 0 Å². The topological polar surface area (TPSA) is 54.6 Å². The number of hydrogen-bond donors (Lipinski definition) is 4. The molecule has 2 saturated heterocycles. The van der Waals surface area contributed by atoms with Gasteiger partial charge in [0.1, 0.15) is 0 Å². The molecule has 2 aliphatic rings. The first-order valence-corrected chi connectivity index (χ1v) is 8.54. The summed E-state index contributed by atoms with van der Waals surface area (Å²) in [4.78, 5) is 5.24. The molecule has 2 rings (SSSR count). The van der Waals surface area contributed by atoms with Gasteiger partial charge in [-0.25, -0.2) is 0 Å². The van der Waals surface area contributed by atoms with E-state index in [0.717, 1.165) is 78.5 Å². The summed E-state index contributed by atoms with van der Waals surface area (Å²) < 4.78 is 0. The highest BCUT2D eigenvalue weighted by Gasteiger charge is 2.32. The van der Waals surface area contributed by atoms with Gasteiger partial charge in [-0.3, -0.25) is 9.80 Å². The highest BCUT2D eigenvalue weighted by atomic mass is 15.4. The van der Waals surface area contributed by atoms with Gasteiger partial charge in [-0.2, -0.15) is 0 Å². The summed E-state index contributed by atoms with van der Waals surface area (Å²) in [6.45, 7) is 17.8. The van der Waals surface area contributed by atoms with Gasteiger partial charge in [0, 0.05) is 78.5 Å². The zero-order valence-corrected chi connectivity index (χ0v) is 13.9. The number of nitrogens with zero attached hydrogens (tertiary/aromatic N) is 2. The third-order valence-corrected chi connectivity index (χ3v) is 4.74. The van der Waals surface area contributed by atoms with E-state index >= 15 is 0 Å². The fraction of sp³-hybridized carbons (Fsp3) is 1.00. The minimum absolute atomic E-state index is 0.0986. The maximum Gasteiger partial charge on any atom is 0.0681 e. The van der Waals surface area contributed by atoms with Gasteiger partial charge in [0.2, 0.25) is 0 Å². The average Bonchev–Trinajstić information content (AvgIpc) is 2.70. The van der Waals surface area contributed by atoms with Crippen LogP contribution in [0.25, 0.3) is 0 Å². The first kappa shape index (κ1) is 17.1. The Hall–Kier alpha value is -0.240. The maximum atomic E-state index is 3.52. The second-order valence-corrected chi connectivity index (χ2v) is 6.47. The van der Waals surface area contributed by atoms with Crippen LogP contribution in [0.3, 0.4) is 0 Å².